The van der Waals surface area contributed by atoms with Gasteiger partial charge in [-0.1, -0.05) is 60.7 Å². The topological polar surface area (TPSA) is 58.9 Å². The molecule has 5 aromatic rings. The van der Waals surface area contributed by atoms with Gasteiger partial charge in [0, 0.05) is 10.9 Å². The summed E-state index contributed by atoms with van der Waals surface area (Å²) in [6.45, 7) is 0. The Balaban J connectivity index is 1.79. The molecule has 0 spiro atoms. The van der Waals surface area contributed by atoms with Gasteiger partial charge in [-0.15, -0.1) is 0 Å². The lowest BCUT2D eigenvalue weighted by molar-refractivity contribution is 0.625. The number of fused-ring (bicyclic) bond motifs is 2. The zero-order valence-electron chi connectivity index (χ0n) is 13.8. The van der Waals surface area contributed by atoms with Crippen molar-refractivity contribution in [2.24, 2.45) is 0 Å². The summed E-state index contributed by atoms with van der Waals surface area (Å²) < 4.78 is 5.87. The molecule has 2 heterocycles. The normalized spacial score (nSPS) is 11.2. The van der Waals surface area contributed by atoms with E-state index in [2.05, 4.69) is 4.98 Å². The predicted octanol–water partition coefficient (Wildman–Crippen LogP) is 5.00. The monoisotopic (exact) mass is 338 g/mol. The number of nitrogens with one attached hydrogen (secondary N) is 1. The lowest BCUT2D eigenvalue weighted by Crippen LogP contribution is -2.09. The van der Waals surface area contributed by atoms with E-state index in [0.29, 0.717) is 22.5 Å². The summed E-state index contributed by atoms with van der Waals surface area (Å²) in [4.78, 5) is 20.2. The zero-order valence-corrected chi connectivity index (χ0v) is 13.8. The number of hydrogen-bond acceptors (Lipinski definition) is 3. The molecule has 0 aliphatic heterocycles. The molecule has 0 unspecified atom stereocenters. The molecule has 1 N–H and O–H groups in total. The van der Waals surface area contributed by atoms with E-state index in [1.165, 1.54) is 0 Å². The van der Waals surface area contributed by atoms with Crippen LogP contribution in [0.5, 0.6) is 0 Å². The maximum absolute atomic E-state index is 12.6. The lowest BCUT2D eigenvalue weighted by Gasteiger charge is -2.07. The summed E-state index contributed by atoms with van der Waals surface area (Å²) in [6.07, 6.45) is 0. The van der Waals surface area contributed by atoms with Crippen LogP contribution in [0.15, 0.2) is 88.1 Å². The third-order valence-electron chi connectivity index (χ3n) is 4.48. The Morgan fingerprint density at radius 2 is 1.65 bits per heavy atom. The molecule has 0 aliphatic carbocycles. The smallest absolute Gasteiger partial charge is 0.259 e. The molecule has 0 aliphatic rings. The van der Waals surface area contributed by atoms with Gasteiger partial charge in [-0.2, -0.15) is 0 Å². The molecule has 0 saturated heterocycles. The van der Waals surface area contributed by atoms with Crippen LogP contribution >= 0.6 is 0 Å². The van der Waals surface area contributed by atoms with Crippen LogP contribution < -0.4 is 5.56 Å². The highest BCUT2D eigenvalue weighted by Crippen LogP contribution is 2.29. The Labute approximate surface area is 148 Å². The average Bonchev–Trinajstić information content (AvgIpc) is 3.12. The SMILES string of the molecule is O=c1[nH]c(-c2cc3ccccc3o2)nc2c(-c3ccccc3)cccc12. The van der Waals surface area contributed by atoms with Crippen molar-refractivity contribution in [1.29, 1.82) is 0 Å². The molecule has 0 bridgehead atoms. The van der Waals surface area contributed by atoms with Crippen molar-refractivity contribution in [1.82, 2.24) is 9.97 Å². The summed E-state index contributed by atoms with van der Waals surface area (Å²) in [6, 6.07) is 25.2. The van der Waals surface area contributed by atoms with Gasteiger partial charge in [0.05, 0.1) is 10.9 Å². The molecule has 3 aromatic carbocycles. The second kappa shape index (κ2) is 5.70. The molecule has 0 fully saturated rings. The number of nitrogens with zero attached hydrogens (tertiary/aromatic N) is 1. The van der Waals surface area contributed by atoms with E-state index < -0.39 is 0 Å². The van der Waals surface area contributed by atoms with Gasteiger partial charge in [-0.05, 0) is 23.8 Å². The third-order valence-corrected chi connectivity index (χ3v) is 4.48. The zero-order chi connectivity index (χ0) is 17.5. The maximum Gasteiger partial charge on any atom is 0.259 e. The Morgan fingerprint density at radius 1 is 0.846 bits per heavy atom. The summed E-state index contributed by atoms with van der Waals surface area (Å²) in [5.74, 6) is 0.982. The number of hydrogen-bond donors (Lipinski definition) is 1. The van der Waals surface area contributed by atoms with Gasteiger partial charge in [-0.25, -0.2) is 4.98 Å². The van der Waals surface area contributed by atoms with Crippen molar-refractivity contribution >= 4 is 21.9 Å². The fraction of sp³-hybridized carbons (Fsp3) is 0. The van der Waals surface area contributed by atoms with Crippen LogP contribution in [0.3, 0.4) is 0 Å². The molecule has 0 atom stereocenters. The van der Waals surface area contributed by atoms with Crippen molar-refractivity contribution in [3.8, 4) is 22.7 Å². The fourth-order valence-electron chi connectivity index (χ4n) is 3.23. The van der Waals surface area contributed by atoms with Crippen molar-refractivity contribution in [2.45, 2.75) is 0 Å². The minimum atomic E-state index is -0.178. The van der Waals surface area contributed by atoms with Gasteiger partial charge in [0.25, 0.3) is 5.56 Å². The van der Waals surface area contributed by atoms with Crippen LogP contribution in [0.25, 0.3) is 44.6 Å². The predicted molar refractivity (Wildman–Crippen MR) is 103 cm³/mol. The minimum Gasteiger partial charge on any atom is -0.453 e. The molecule has 5 rings (SSSR count). The Kier molecular flexibility index (Phi) is 3.22. The van der Waals surface area contributed by atoms with E-state index in [4.69, 9.17) is 9.40 Å². The first kappa shape index (κ1) is 14.7. The summed E-state index contributed by atoms with van der Waals surface area (Å²) in [5, 5.41) is 1.54. The molecule has 2 aromatic heterocycles. The Bertz CT molecular complexity index is 1270. The number of aromatic amines is 1. The molecule has 26 heavy (non-hydrogen) atoms. The van der Waals surface area contributed by atoms with Gasteiger partial charge in [0.2, 0.25) is 0 Å². The summed E-state index contributed by atoms with van der Waals surface area (Å²) in [7, 11) is 0. The third kappa shape index (κ3) is 2.31. The highest BCUT2D eigenvalue weighted by molar-refractivity contribution is 5.94. The molecule has 124 valence electrons. The number of aromatic nitrogens is 2. The minimum absolute atomic E-state index is 0.178. The quantitative estimate of drug-likeness (QED) is 0.492. The number of para-hydroxylation sites is 2. The van der Waals surface area contributed by atoms with Crippen LogP contribution in [-0.2, 0) is 0 Å². The largest absolute Gasteiger partial charge is 0.453 e. The summed E-state index contributed by atoms with van der Waals surface area (Å²) >= 11 is 0. The molecule has 4 nitrogen and oxygen atoms in total. The number of H-pyrrole nitrogens is 1. The van der Waals surface area contributed by atoms with Crippen LogP contribution in [-0.4, -0.2) is 9.97 Å². The van der Waals surface area contributed by atoms with E-state index in [-0.39, 0.29) is 5.56 Å². The standard InChI is InChI=1S/C22H14N2O2/c25-22-17-11-6-10-16(14-7-2-1-3-8-14)20(17)23-21(24-22)19-13-15-9-4-5-12-18(15)26-19/h1-13H,(H,23,24,25). The number of rotatable bonds is 2. The van der Waals surface area contributed by atoms with Crippen LogP contribution in [0, 0.1) is 0 Å². The fourth-order valence-corrected chi connectivity index (χ4v) is 3.23. The van der Waals surface area contributed by atoms with Gasteiger partial charge in [0.15, 0.2) is 11.6 Å². The molecule has 4 heteroatoms. The number of furan rings is 1. The van der Waals surface area contributed by atoms with Crippen molar-refractivity contribution < 1.29 is 4.42 Å². The maximum atomic E-state index is 12.6. The van der Waals surface area contributed by atoms with Crippen LogP contribution in [0.1, 0.15) is 0 Å². The lowest BCUT2D eigenvalue weighted by atomic mass is 10.0. The van der Waals surface area contributed by atoms with Crippen molar-refractivity contribution in [3.63, 3.8) is 0 Å². The van der Waals surface area contributed by atoms with Gasteiger partial charge < -0.3 is 9.40 Å². The molecule has 0 radical (unpaired) electrons. The Hall–Kier alpha value is -3.66. The second-order valence-electron chi connectivity index (χ2n) is 6.13. The van der Waals surface area contributed by atoms with E-state index in [1.807, 2.05) is 72.8 Å². The highest BCUT2D eigenvalue weighted by Gasteiger charge is 2.13. The first-order chi connectivity index (χ1) is 12.8. The van der Waals surface area contributed by atoms with Crippen molar-refractivity contribution in [2.75, 3.05) is 0 Å². The molecule has 0 saturated carbocycles. The van der Waals surface area contributed by atoms with Crippen LogP contribution in [0.2, 0.25) is 0 Å². The van der Waals surface area contributed by atoms with E-state index in [9.17, 15) is 4.79 Å². The molecular weight excluding hydrogens is 324 g/mol. The van der Waals surface area contributed by atoms with E-state index in [0.717, 1.165) is 22.1 Å². The van der Waals surface area contributed by atoms with E-state index >= 15 is 0 Å². The second-order valence-corrected chi connectivity index (χ2v) is 6.13. The van der Waals surface area contributed by atoms with Gasteiger partial charge >= 0.3 is 0 Å². The van der Waals surface area contributed by atoms with E-state index in [1.54, 1.807) is 6.07 Å². The first-order valence-electron chi connectivity index (χ1n) is 8.37. The summed E-state index contributed by atoms with van der Waals surface area (Å²) in [5.41, 5.74) is 3.20. The van der Waals surface area contributed by atoms with Gasteiger partial charge in [-0.3, -0.25) is 4.79 Å². The average molecular weight is 338 g/mol. The van der Waals surface area contributed by atoms with Gasteiger partial charge in [0.1, 0.15) is 5.58 Å². The molecule has 0 amide bonds. The highest BCUT2D eigenvalue weighted by atomic mass is 16.3. The molecular formula is C22H14N2O2. The number of benzene rings is 3. The first-order valence-corrected chi connectivity index (χ1v) is 8.37. The Morgan fingerprint density at radius 3 is 2.50 bits per heavy atom. The van der Waals surface area contributed by atoms with Crippen molar-refractivity contribution in [3.05, 3.63) is 89.2 Å². The van der Waals surface area contributed by atoms with Crippen LogP contribution in [0.4, 0.5) is 0 Å².